The molecule has 6 nitrogen and oxygen atoms in total. The van der Waals surface area contributed by atoms with Crippen LogP contribution in [0, 0.1) is 12.8 Å². The second-order valence-corrected chi connectivity index (χ2v) is 8.06. The number of aryl methyl sites for hydroxylation is 1. The van der Waals surface area contributed by atoms with E-state index in [1.54, 1.807) is 7.05 Å². The normalized spacial score (nSPS) is 22.9. The van der Waals surface area contributed by atoms with Crippen LogP contribution in [0.25, 0.3) is 11.0 Å². The van der Waals surface area contributed by atoms with Crippen LogP contribution in [0.2, 0.25) is 0 Å². The van der Waals surface area contributed by atoms with Crippen molar-refractivity contribution >= 4 is 22.8 Å². The number of furan rings is 1. The quantitative estimate of drug-likeness (QED) is 0.548. The largest absolute Gasteiger partial charge is 0.459 e. The molecule has 1 aromatic heterocycles. The summed E-state index contributed by atoms with van der Waals surface area (Å²) < 4.78 is 5.98. The Kier molecular flexibility index (Phi) is 5.55. The van der Waals surface area contributed by atoms with E-state index in [2.05, 4.69) is 33.9 Å². The molecule has 2 aromatic rings. The number of para-hydroxylation sites is 1. The summed E-state index contributed by atoms with van der Waals surface area (Å²) in [6, 6.07) is 8.80. The molecule has 2 fully saturated rings. The van der Waals surface area contributed by atoms with Gasteiger partial charge < -0.3 is 20.4 Å². The highest BCUT2D eigenvalue weighted by Gasteiger charge is 2.31. The molecule has 0 bridgehead atoms. The highest BCUT2D eigenvalue weighted by atomic mass is 16.3. The Morgan fingerprint density at radius 1 is 1.14 bits per heavy atom. The standard InChI is InChI=1S/C22H30N4O2/c1-14-18-8-3-4-9-19(18)28-20(14)13-24-22(23-2)26-17-7-5-6-15(12-17)21(27)25-16-10-11-16/h3-4,8-9,15-17H,5-7,10-13H2,1-2H3,(H,25,27)(H2,23,24,26). The fraction of sp³-hybridized carbons (Fsp3) is 0.545. The molecule has 0 spiro atoms. The fourth-order valence-electron chi connectivity index (χ4n) is 4.05. The third kappa shape index (κ3) is 4.32. The lowest BCUT2D eigenvalue weighted by atomic mass is 9.85. The van der Waals surface area contributed by atoms with E-state index in [-0.39, 0.29) is 17.9 Å². The minimum absolute atomic E-state index is 0.113. The number of benzene rings is 1. The summed E-state index contributed by atoms with van der Waals surface area (Å²) >= 11 is 0. The molecule has 0 radical (unpaired) electrons. The molecule has 0 aliphatic heterocycles. The summed E-state index contributed by atoms with van der Waals surface area (Å²) in [5.41, 5.74) is 2.07. The van der Waals surface area contributed by atoms with Crippen LogP contribution in [-0.4, -0.2) is 31.0 Å². The molecule has 2 aliphatic rings. The van der Waals surface area contributed by atoms with Gasteiger partial charge in [0.05, 0.1) is 6.54 Å². The highest BCUT2D eigenvalue weighted by molar-refractivity contribution is 5.83. The van der Waals surface area contributed by atoms with Gasteiger partial charge in [-0.15, -0.1) is 0 Å². The lowest BCUT2D eigenvalue weighted by molar-refractivity contribution is -0.126. The molecule has 1 amide bonds. The van der Waals surface area contributed by atoms with Gasteiger partial charge in [-0.25, -0.2) is 0 Å². The van der Waals surface area contributed by atoms with Crippen LogP contribution in [0.4, 0.5) is 0 Å². The molecule has 2 atom stereocenters. The molecule has 2 unspecified atom stereocenters. The van der Waals surface area contributed by atoms with Crippen molar-refractivity contribution in [2.75, 3.05) is 7.05 Å². The van der Waals surface area contributed by atoms with Gasteiger partial charge in [0.2, 0.25) is 5.91 Å². The third-order valence-electron chi connectivity index (χ3n) is 5.89. The van der Waals surface area contributed by atoms with Crippen molar-refractivity contribution in [3.05, 3.63) is 35.6 Å². The van der Waals surface area contributed by atoms with Gasteiger partial charge in [-0.05, 0) is 45.1 Å². The van der Waals surface area contributed by atoms with Gasteiger partial charge in [0.25, 0.3) is 0 Å². The summed E-state index contributed by atoms with van der Waals surface area (Å²) in [4.78, 5) is 16.7. The average Bonchev–Trinajstić information content (AvgIpc) is 3.48. The number of nitrogens with zero attached hydrogens (tertiary/aromatic N) is 1. The predicted molar refractivity (Wildman–Crippen MR) is 111 cm³/mol. The van der Waals surface area contributed by atoms with Crippen LogP contribution < -0.4 is 16.0 Å². The average molecular weight is 383 g/mol. The molecule has 3 N–H and O–H groups in total. The van der Waals surface area contributed by atoms with Gasteiger partial charge in [0.15, 0.2) is 5.96 Å². The van der Waals surface area contributed by atoms with Crippen molar-refractivity contribution in [2.24, 2.45) is 10.9 Å². The maximum Gasteiger partial charge on any atom is 0.223 e. The van der Waals surface area contributed by atoms with E-state index in [0.29, 0.717) is 12.6 Å². The Morgan fingerprint density at radius 3 is 2.71 bits per heavy atom. The van der Waals surface area contributed by atoms with Crippen molar-refractivity contribution in [3.8, 4) is 0 Å². The predicted octanol–water partition coefficient (Wildman–Crippen LogP) is 3.24. The molecule has 28 heavy (non-hydrogen) atoms. The maximum absolute atomic E-state index is 12.4. The van der Waals surface area contributed by atoms with Gasteiger partial charge in [0.1, 0.15) is 11.3 Å². The molecule has 6 heteroatoms. The topological polar surface area (TPSA) is 78.7 Å². The van der Waals surface area contributed by atoms with E-state index >= 15 is 0 Å². The summed E-state index contributed by atoms with van der Waals surface area (Å²) in [6.45, 7) is 2.67. The first kappa shape index (κ1) is 18.8. The number of aliphatic imine (C=N–C) groups is 1. The molecule has 1 heterocycles. The number of nitrogens with one attached hydrogen (secondary N) is 3. The van der Waals surface area contributed by atoms with Gasteiger partial charge >= 0.3 is 0 Å². The fourth-order valence-corrected chi connectivity index (χ4v) is 4.05. The van der Waals surface area contributed by atoms with E-state index in [1.807, 2.05) is 18.2 Å². The maximum atomic E-state index is 12.4. The van der Waals surface area contributed by atoms with Crippen LogP contribution in [0.15, 0.2) is 33.7 Å². The highest BCUT2D eigenvalue weighted by Crippen LogP contribution is 2.27. The van der Waals surface area contributed by atoms with E-state index in [0.717, 1.165) is 66.8 Å². The Morgan fingerprint density at radius 2 is 1.96 bits per heavy atom. The number of guanidine groups is 1. The first-order chi connectivity index (χ1) is 13.6. The van der Waals surface area contributed by atoms with Gasteiger partial charge in [0, 0.05) is 36.0 Å². The number of rotatable bonds is 5. The number of carbonyl (C=O) groups is 1. The minimum atomic E-state index is 0.113. The minimum Gasteiger partial charge on any atom is -0.459 e. The molecular weight excluding hydrogens is 352 g/mol. The zero-order valence-corrected chi connectivity index (χ0v) is 16.8. The third-order valence-corrected chi connectivity index (χ3v) is 5.89. The zero-order valence-electron chi connectivity index (χ0n) is 16.8. The molecule has 2 aliphatic carbocycles. The van der Waals surface area contributed by atoms with Crippen LogP contribution in [0.1, 0.15) is 49.8 Å². The SMILES string of the molecule is CN=C(NCc1oc2ccccc2c1C)NC1CCCC(C(=O)NC2CC2)C1. The van der Waals surface area contributed by atoms with Crippen LogP contribution >= 0.6 is 0 Å². The molecule has 2 saturated carbocycles. The van der Waals surface area contributed by atoms with Crippen LogP contribution in [0.3, 0.4) is 0 Å². The lowest BCUT2D eigenvalue weighted by Gasteiger charge is -2.30. The zero-order chi connectivity index (χ0) is 19.5. The van der Waals surface area contributed by atoms with Crippen molar-refractivity contribution in [1.29, 1.82) is 0 Å². The van der Waals surface area contributed by atoms with E-state index in [9.17, 15) is 4.79 Å². The smallest absolute Gasteiger partial charge is 0.223 e. The summed E-state index contributed by atoms with van der Waals surface area (Å²) in [5.74, 6) is 2.03. The second-order valence-electron chi connectivity index (χ2n) is 8.06. The Balaban J connectivity index is 1.32. The van der Waals surface area contributed by atoms with Crippen molar-refractivity contribution < 1.29 is 9.21 Å². The van der Waals surface area contributed by atoms with Crippen LogP contribution in [-0.2, 0) is 11.3 Å². The monoisotopic (exact) mass is 382 g/mol. The first-order valence-electron chi connectivity index (χ1n) is 10.4. The summed E-state index contributed by atoms with van der Waals surface area (Å²) in [6.07, 6.45) is 6.26. The number of fused-ring (bicyclic) bond motifs is 1. The van der Waals surface area contributed by atoms with Gasteiger partial charge in [-0.1, -0.05) is 24.6 Å². The van der Waals surface area contributed by atoms with Crippen molar-refractivity contribution in [1.82, 2.24) is 16.0 Å². The van der Waals surface area contributed by atoms with Gasteiger partial charge in [-0.2, -0.15) is 0 Å². The number of hydrogen-bond donors (Lipinski definition) is 3. The number of amides is 1. The summed E-state index contributed by atoms with van der Waals surface area (Å²) in [5, 5.41) is 11.2. The van der Waals surface area contributed by atoms with Crippen molar-refractivity contribution in [3.63, 3.8) is 0 Å². The Hall–Kier alpha value is -2.50. The number of carbonyl (C=O) groups excluding carboxylic acids is 1. The van der Waals surface area contributed by atoms with E-state index in [4.69, 9.17) is 4.42 Å². The first-order valence-corrected chi connectivity index (χ1v) is 10.4. The van der Waals surface area contributed by atoms with E-state index < -0.39 is 0 Å². The molecule has 150 valence electrons. The molecule has 4 rings (SSSR count). The number of hydrogen-bond acceptors (Lipinski definition) is 3. The Bertz CT molecular complexity index is 869. The van der Waals surface area contributed by atoms with Crippen LogP contribution in [0.5, 0.6) is 0 Å². The molecule has 0 saturated heterocycles. The lowest BCUT2D eigenvalue weighted by Crippen LogP contribution is -2.47. The molecule has 1 aromatic carbocycles. The molecular formula is C22H30N4O2. The second kappa shape index (κ2) is 8.25. The van der Waals surface area contributed by atoms with E-state index in [1.165, 1.54) is 0 Å². The summed E-state index contributed by atoms with van der Waals surface area (Å²) in [7, 11) is 1.78. The Labute approximate surface area is 166 Å². The van der Waals surface area contributed by atoms with Crippen molar-refractivity contribution in [2.45, 2.75) is 64.1 Å². The van der Waals surface area contributed by atoms with Gasteiger partial charge in [-0.3, -0.25) is 9.79 Å².